The van der Waals surface area contributed by atoms with E-state index in [0.717, 1.165) is 0 Å². The van der Waals surface area contributed by atoms with Crippen LogP contribution in [0.3, 0.4) is 0 Å². The third-order valence-electron chi connectivity index (χ3n) is 2.71. The molecule has 4 nitrogen and oxygen atoms in total. The predicted octanol–water partition coefficient (Wildman–Crippen LogP) is 4.34. The number of nitrogens with zero attached hydrogens (tertiary/aromatic N) is 1. The fourth-order valence-electron chi connectivity index (χ4n) is 1.75. The Hall–Kier alpha value is -2.09. The number of hydrogen-bond acceptors (Lipinski definition) is 5. The minimum atomic E-state index is -4.71. The lowest BCUT2D eigenvalue weighted by Crippen LogP contribution is -2.14. The van der Waals surface area contributed by atoms with Crippen molar-refractivity contribution in [2.75, 3.05) is 5.32 Å². The molecule has 0 amide bonds. The number of thiazole rings is 1. The first-order chi connectivity index (χ1) is 10.8. The second-order valence-corrected chi connectivity index (χ2v) is 6.05. The fraction of sp³-hybridized carbons (Fsp3) is 0.333. The Morgan fingerprint density at radius 1 is 1.30 bits per heavy atom. The van der Waals surface area contributed by atoms with Gasteiger partial charge in [0.25, 0.3) is 0 Å². The van der Waals surface area contributed by atoms with Crippen molar-refractivity contribution in [2.45, 2.75) is 32.7 Å². The summed E-state index contributed by atoms with van der Waals surface area (Å²) in [5, 5.41) is 2.81. The number of anilines is 1. The highest BCUT2D eigenvalue weighted by atomic mass is 32.1. The van der Waals surface area contributed by atoms with Gasteiger partial charge in [0.1, 0.15) is 11.5 Å². The van der Waals surface area contributed by atoms with Crippen molar-refractivity contribution in [1.82, 2.24) is 4.98 Å². The van der Waals surface area contributed by atoms with Gasteiger partial charge in [0.15, 0.2) is 10.8 Å². The van der Waals surface area contributed by atoms with Crippen LogP contribution in [0.25, 0.3) is 0 Å². The van der Waals surface area contributed by atoms with Crippen LogP contribution >= 0.6 is 11.3 Å². The van der Waals surface area contributed by atoms with E-state index in [-0.39, 0.29) is 17.8 Å². The Morgan fingerprint density at radius 2 is 1.96 bits per heavy atom. The van der Waals surface area contributed by atoms with E-state index >= 15 is 0 Å². The summed E-state index contributed by atoms with van der Waals surface area (Å²) in [7, 11) is 0. The van der Waals surface area contributed by atoms with Crippen molar-refractivity contribution < 1.29 is 22.7 Å². The zero-order valence-corrected chi connectivity index (χ0v) is 13.3. The Kier molecular flexibility index (Phi) is 5.25. The monoisotopic (exact) mass is 344 g/mol. The summed E-state index contributed by atoms with van der Waals surface area (Å²) in [6.45, 7) is 3.44. The molecule has 2 aromatic rings. The molecule has 0 saturated heterocycles. The number of ether oxygens (including phenoxy) is 1. The summed E-state index contributed by atoms with van der Waals surface area (Å²) in [4.78, 5) is 14.9. The fourth-order valence-corrected chi connectivity index (χ4v) is 2.77. The normalized spacial score (nSPS) is 11.6. The second kappa shape index (κ2) is 6.99. The SMILES string of the molecule is CC(C)Nc1nc(C(F)(F)F)c(C(=O)OCc2ccccc2)s1. The van der Waals surface area contributed by atoms with Gasteiger partial charge in [-0.25, -0.2) is 9.78 Å². The molecule has 0 saturated carbocycles. The number of esters is 1. The highest BCUT2D eigenvalue weighted by molar-refractivity contribution is 7.17. The number of nitrogens with one attached hydrogen (secondary N) is 1. The van der Waals surface area contributed by atoms with Gasteiger partial charge < -0.3 is 10.1 Å². The number of hydrogen-bond donors (Lipinski definition) is 1. The van der Waals surface area contributed by atoms with Gasteiger partial charge in [0, 0.05) is 6.04 Å². The third-order valence-corrected chi connectivity index (χ3v) is 3.67. The van der Waals surface area contributed by atoms with Crippen molar-refractivity contribution in [2.24, 2.45) is 0 Å². The van der Waals surface area contributed by atoms with Crippen LogP contribution in [0.1, 0.15) is 34.8 Å². The summed E-state index contributed by atoms with van der Waals surface area (Å²) in [6, 6.07) is 8.63. The van der Waals surface area contributed by atoms with E-state index in [0.29, 0.717) is 16.9 Å². The lowest BCUT2D eigenvalue weighted by atomic mass is 10.2. The van der Waals surface area contributed by atoms with Gasteiger partial charge in [0.05, 0.1) is 0 Å². The summed E-state index contributed by atoms with van der Waals surface area (Å²) < 4.78 is 44.1. The molecule has 0 spiro atoms. The second-order valence-electron chi connectivity index (χ2n) is 5.06. The quantitative estimate of drug-likeness (QED) is 0.820. The van der Waals surface area contributed by atoms with Gasteiger partial charge >= 0.3 is 12.1 Å². The first-order valence-electron chi connectivity index (χ1n) is 6.83. The van der Waals surface area contributed by atoms with Crippen LogP contribution in [0.2, 0.25) is 0 Å². The van der Waals surface area contributed by atoms with Crippen LogP contribution in [-0.4, -0.2) is 17.0 Å². The number of benzene rings is 1. The zero-order chi connectivity index (χ0) is 17.0. The lowest BCUT2D eigenvalue weighted by molar-refractivity contribution is -0.141. The van der Waals surface area contributed by atoms with Crippen LogP contribution < -0.4 is 5.32 Å². The van der Waals surface area contributed by atoms with Crippen LogP contribution in [0, 0.1) is 0 Å². The Balaban J connectivity index is 2.19. The van der Waals surface area contributed by atoms with E-state index in [1.165, 1.54) is 0 Å². The third kappa shape index (κ3) is 4.69. The lowest BCUT2D eigenvalue weighted by Gasteiger charge is -2.06. The first kappa shape index (κ1) is 17.3. The maximum Gasteiger partial charge on any atom is 0.435 e. The van der Waals surface area contributed by atoms with Crippen molar-refractivity contribution in [3.8, 4) is 0 Å². The molecule has 0 fully saturated rings. The molecule has 1 heterocycles. The Bertz CT molecular complexity index is 669. The first-order valence-corrected chi connectivity index (χ1v) is 7.64. The number of carbonyl (C=O) groups is 1. The van der Waals surface area contributed by atoms with Crippen LogP contribution in [0.5, 0.6) is 0 Å². The largest absolute Gasteiger partial charge is 0.457 e. The summed E-state index contributed by atoms with van der Waals surface area (Å²) in [5.41, 5.74) is -0.525. The van der Waals surface area contributed by atoms with E-state index in [4.69, 9.17) is 4.74 Å². The minimum absolute atomic E-state index is 0.0407. The average molecular weight is 344 g/mol. The standard InChI is InChI=1S/C15H15F3N2O2S/c1-9(2)19-14-20-12(15(16,17)18)11(23-14)13(21)22-8-10-6-4-3-5-7-10/h3-7,9H,8H2,1-2H3,(H,19,20). The van der Waals surface area contributed by atoms with E-state index in [1.54, 1.807) is 44.2 Å². The zero-order valence-electron chi connectivity index (χ0n) is 12.5. The average Bonchev–Trinajstić information content (AvgIpc) is 2.89. The van der Waals surface area contributed by atoms with Gasteiger partial charge in [-0.2, -0.15) is 13.2 Å². The van der Waals surface area contributed by atoms with E-state index < -0.39 is 22.7 Å². The summed E-state index contributed by atoms with van der Waals surface area (Å²) >= 11 is 0.641. The van der Waals surface area contributed by atoms with Gasteiger partial charge in [-0.15, -0.1) is 0 Å². The summed E-state index contributed by atoms with van der Waals surface area (Å²) in [6.07, 6.45) is -4.71. The van der Waals surface area contributed by atoms with Crippen LogP contribution in [0.15, 0.2) is 30.3 Å². The highest BCUT2D eigenvalue weighted by Crippen LogP contribution is 2.36. The Morgan fingerprint density at radius 3 is 2.52 bits per heavy atom. The molecule has 0 aliphatic heterocycles. The molecular weight excluding hydrogens is 329 g/mol. The molecule has 0 bridgehead atoms. The number of aromatic nitrogens is 1. The van der Waals surface area contributed by atoms with Gasteiger partial charge in [-0.05, 0) is 19.4 Å². The smallest absolute Gasteiger partial charge is 0.435 e. The highest BCUT2D eigenvalue weighted by Gasteiger charge is 2.40. The topological polar surface area (TPSA) is 51.2 Å². The number of carbonyl (C=O) groups excluding carboxylic acids is 1. The summed E-state index contributed by atoms with van der Waals surface area (Å²) in [5.74, 6) is -1.03. The molecule has 0 radical (unpaired) electrons. The number of halogens is 3. The Labute approximate surface area is 135 Å². The molecule has 23 heavy (non-hydrogen) atoms. The number of alkyl halides is 3. The van der Waals surface area contributed by atoms with Gasteiger partial charge in [0.2, 0.25) is 0 Å². The maximum atomic E-state index is 13.0. The van der Waals surface area contributed by atoms with Crippen LogP contribution in [0.4, 0.5) is 18.3 Å². The molecule has 1 aromatic carbocycles. The molecule has 124 valence electrons. The van der Waals surface area contributed by atoms with E-state index in [1.807, 2.05) is 0 Å². The molecule has 0 aliphatic carbocycles. The minimum Gasteiger partial charge on any atom is -0.457 e. The van der Waals surface area contributed by atoms with Crippen LogP contribution in [-0.2, 0) is 17.5 Å². The van der Waals surface area contributed by atoms with Crippen molar-refractivity contribution in [1.29, 1.82) is 0 Å². The van der Waals surface area contributed by atoms with Crippen molar-refractivity contribution in [3.05, 3.63) is 46.5 Å². The molecule has 0 unspecified atom stereocenters. The molecule has 1 N–H and O–H groups in total. The molecule has 0 aliphatic rings. The van der Waals surface area contributed by atoms with E-state index in [9.17, 15) is 18.0 Å². The van der Waals surface area contributed by atoms with Gasteiger partial charge in [-0.1, -0.05) is 41.7 Å². The predicted molar refractivity (Wildman–Crippen MR) is 81.4 cm³/mol. The maximum absolute atomic E-state index is 13.0. The van der Waals surface area contributed by atoms with Crippen molar-refractivity contribution >= 4 is 22.4 Å². The molecular formula is C15H15F3N2O2S. The van der Waals surface area contributed by atoms with E-state index in [2.05, 4.69) is 10.3 Å². The number of rotatable bonds is 5. The van der Waals surface area contributed by atoms with Crippen molar-refractivity contribution in [3.63, 3.8) is 0 Å². The molecule has 0 atom stereocenters. The molecule has 2 rings (SSSR count). The molecule has 8 heteroatoms. The van der Waals surface area contributed by atoms with Gasteiger partial charge in [-0.3, -0.25) is 0 Å². The molecule has 1 aromatic heterocycles.